The van der Waals surface area contributed by atoms with E-state index in [1.54, 1.807) is 0 Å². The van der Waals surface area contributed by atoms with E-state index in [0.717, 1.165) is 0 Å². The van der Waals surface area contributed by atoms with E-state index < -0.39 is 48.1 Å². The first kappa shape index (κ1) is 17.3. The Morgan fingerprint density at radius 2 is 0.750 bits per heavy atom. The Kier molecular flexibility index (Phi) is 3.37. The molecule has 1 saturated carbocycles. The predicted octanol–water partition coefficient (Wildman–Crippen LogP) is 4.50. The van der Waals surface area contributed by atoms with Gasteiger partial charge >= 0.3 is 29.6 Å². The van der Waals surface area contributed by atoms with Crippen LogP contribution in [-0.4, -0.2) is 35.3 Å². The lowest BCUT2D eigenvalue weighted by Crippen LogP contribution is -2.83. The summed E-state index contributed by atoms with van der Waals surface area (Å²) in [6, 6.07) is 0. The maximum Gasteiger partial charge on any atom is 0.384 e. The van der Waals surface area contributed by atoms with Crippen LogP contribution in [0.1, 0.15) is 12.8 Å². The van der Waals surface area contributed by atoms with Gasteiger partial charge in [-0.05, 0) is 12.8 Å². The Morgan fingerprint density at radius 1 is 0.500 bits per heavy atom. The molecule has 0 aromatic carbocycles. The zero-order chi connectivity index (χ0) is 16.4. The van der Waals surface area contributed by atoms with Crippen molar-refractivity contribution in [3.8, 4) is 0 Å². The minimum Gasteiger partial charge on any atom is -0.230 e. The molecule has 0 amide bonds. The summed E-state index contributed by atoms with van der Waals surface area (Å²) in [6.45, 7) is 2.60. The van der Waals surface area contributed by atoms with Crippen LogP contribution in [0, 0.1) is 6.92 Å². The Bertz CT molecular complexity index is 367. The first-order valence-electron chi connectivity index (χ1n) is 4.93. The van der Waals surface area contributed by atoms with Gasteiger partial charge in [0.1, 0.15) is 0 Å². The fraction of sp³-hybridized carbons (Fsp3) is 0.889. The molecule has 0 nitrogen and oxygen atoms in total. The minimum absolute atomic E-state index is 1.22. The van der Waals surface area contributed by atoms with Crippen LogP contribution in [-0.2, 0) is 0 Å². The van der Waals surface area contributed by atoms with Crippen LogP contribution in [0.2, 0.25) is 0 Å². The number of rotatable bonds is 2. The summed E-state index contributed by atoms with van der Waals surface area (Å²) in [5.74, 6) is -34.6. The van der Waals surface area contributed by atoms with Crippen molar-refractivity contribution in [3.63, 3.8) is 0 Å². The molecule has 119 valence electrons. The third-order valence-corrected chi connectivity index (χ3v) is 3.09. The Morgan fingerprint density at radius 3 is 1.00 bits per heavy atom. The molecule has 1 rings (SSSR count). The lowest BCUT2D eigenvalue weighted by molar-refractivity contribution is -0.485. The first-order valence-corrected chi connectivity index (χ1v) is 4.93. The number of alkyl halides is 11. The van der Waals surface area contributed by atoms with Gasteiger partial charge < -0.3 is 0 Å². The maximum atomic E-state index is 13.6. The van der Waals surface area contributed by atoms with Gasteiger partial charge in [0, 0.05) is 0 Å². The third-order valence-electron chi connectivity index (χ3n) is 3.09. The van der Waals surface area contributed by atoms with Crippen LogP contribution in [0.4, 0.5) is 48.3 Å². The zero-order valence-electron chi connectivity index (χ0n) is 9.28. The van der Waals surface area contributed by atoms with Gasteiger partial charge in [-0.2, -0.15) is 43.9 Å². The van der Waals surface area contributed by atoms with Crippen molar-refractivity contribution in [3.05, 3.63) is 6.92 Å². The van der Waals surface area contributed by atoms with E-state index in [1.807, 2.05) is 0 Å². The summed E-state index contributed by atoms with van der Waals surface area (Å²) in [7, 11) is 0. The summed E-state index contributed by atoms with van der Waals surface area (Å²) in [5.41, 5.74) is -5.86. The molecule has 0 saturated heterocycles. The van der Waals surface area contributed by atoms with E-state index >= 15 is 0 Å². The van der Waals surface area contributed by atoms with Crippen molar-refractivity contribution in [2.24, 2.45) is 0 Å². The molecule has 0 atom stereocenters. The molecule has 0 aromatic rings. The Balaban J connectivity index is 3.73. The van der Waals surface area contributed by atoms with E-state index in [9.17, 15) is 48.3 Å². The summed E-state index contributed by atoms with van der Waals surface area (Å²) in [5, 5.41) is 0. The van der Waals surface area contributed by atoms with E-state index in [-0.39, 0.29) is 0 Å². The average Bonchev–Trinajstić information content (AvgIpc) is 2.26. The fourth-order valence-corrected chi connectivity index (χ4v) is 1.84. The topological polar surface area (TPSA) is 0 Å². The molecule has 1 aliphatic carbocycles. The molecule has 1 fully saturated rings. The van der Waals surface area contributed by atoms with Crippen molar-refractivity contribution < 1.29 is 48.3 Å². The SMILES string of the molecule is [CH2]CCC1(F)C(F)(F)C(F)(F)C(F)(F)C(F)(F)C1(F)F. The van der Waals surface area contributed by atoms with Gasteiger partial charge in [-0.15, -0.1) is 0 Å². The van der Waals surface area contributed by atoms with Crippen molar-refractivity contribution in [1.82, 2.24) is 0 Å². The van der Waals surface area contributed by atoms with Crippen LogP contribution in [0.3, 0.4) is 0 Å². The molecule has 0 aromatic heterocycles. The van der Waals surface area contributed by atoms with E-state index in [0.29, 0.717) is 0 Å². The van der Waals surface area contributed by atoms with Gasteiger partial charge in [-0.25, -0.2) is 4.39 Å². The zero-order valence-corrected chi connectivity index (χ0v) is 9.28. The molecule has 0 N–H and O–H groups in total. The Labute approximate surface area is 104 Å². The molecular formula is C9H6F11. The molecule has 0 aliphatic heterocycles. The summed E-state index contributed by atoms with van der Waals surface area (Å²) >= 11 is 0. The maximum absolute atomic E-state index is 13.6. The molecule has 0 spiro atoms. The summed E-state index contributed by atoms with van der Waals surface area (Å²) in [4.78, 5) is 0. The van der Waals surface area contributed by atoms with Crippen LogP contribution in [0.5, 0.6) is 0 Å². The molecule has 11 heteroatoms. The van der Waals surface area contributed by atoms with Crippen molar-refractivity contribution in [1.29, 1.82) is 0 Å². The summed E-state index contributed by atoms with van der Waals surface area (Å²) in [6.07, 6.45) is -3.48. The minimum atomic E-state index is -7.14. The van der Waals surface area contributed by atoms with Crippen LogP contribution < -0.4 is 0 Å². The number of hydrogen-bond acceptors (Lipinski definition) is 0. The predicted molar refractivity (Wildman–Crippen MR) is 43.2 cm³/mol. The van der Waals surface area contributed by atoms with Crippen molar-refractivity contribution in [2.75, 3.05) is 0 Å². The summed E-state index contributed by atoms with van der Waals surface area (Å²) < 4.78 is 143. The molecule has 0 bridgehead atoms. The lowest BCUT2D eigenvalue weighted by atomic mass is 9.70. The molecule has 1 radical (unpaired) electrons. The molecular weight excluding hydrogens is 317 g/mol. The second kappa shape index (κ2) is 3.90. The van der Waals surface area contributed by atoms with Crippen LogP contribution in [0.25, 0.3) is 0 Å². The van der Waals surface area contributed by atoms with E-state index in [4.69, 9.17) is 0 Å². The van der Waals surface area contributed by atoms with Gasteiger partial charge in [0.2, 0.25) is 5.67 Å². The van der Waals surface area contributed by atoms with Gasteiger partial charge in [-0.1, -0.05) is 6.92 Å². The lowest BCUT2D eigenvalue weighted by Gasteiger charge is -2.52. The van der Waals surface area contributed by atoms with Crippen molar-refractivity contribution >= 4 is 0 Å². The largest absolute Gasteiger partial charge is 0.384 e. The van der Waals surface area contributed by atoms with Gasteiger partial charge in [0.15, 0.2) is 0 Å². The van der Waals surface area contributed by atoms with E-state index in [1.165, 1.54) is 0 Å². The van der Waals surface area contributed by atoms with Crippen LogP contribution in [0.15, 0.2) is 0 Å². The quantitative estimate of drug-likeness (QED) is 0.657. The molecule has 1 aliphatic rings. The van der Waals surface area contributed by atoms with Gasteiger partial charge in [0.05, 0.1) is 0 Å². The average molecular weight is 323 g/mol. The highest BCUT2D eigenvalue weighted by Gasteiger charge is 3.00. The molecule has 0 unspecified atom stereocenters. The van der Waals surface area contributed by atoms with Crippen LogP contribution >= 0.6 is 0 Å². The molecule has 0 heterocycles. The van der Waals surface area contributed by atoms with Gasteiger partial charge in [-0.3, -0.25) is 0 Å². The highest BCUT2D eigenvalue weighted by Crippen LogP contribution is 2.70. The van der Waals surface area contributed by atoms with Crippen molar-refractivity contribution in [2.45, 2.75) is 48.1 Å². The number of halogens is 11. The molecule has 20 heavy (non-hydrogen) atoms. The highest BCUT2D eigenvalue weighted by atomic mass is 19.4. The van der Waals surface area contributed by atoms with Gasteiger partial charge in [0.25, 0.3) is 0 Å². The normalized spacial score (nSPS) is 31.8. The Hall–Kier alpha value is -0.770. The number of hydrogen-bond donors (Lipinski definition) is 0. The highest BCUT2D eigenvalue weighted by molar-refractivity contribution is 5.26. The second-order valence-electron chi connectivity index (χ2n) is 4.28. The van der Waals surface area contributed by atoms with E-state index in [2.05, 4.69) is 6.92 Å². The second-order valence-corrected chi connectivity index (χ2v) is 4.28. The third kappa shape index (κ3) is 1.39. The standard InChI is InChI=1S/C9H6F11/c1-2-3-4(10)5(11,12)7(15,16)9(19,20)8(17,18)6(4,13)14/h1-3H2. The first-order chi connectivity index (χ1) is 8.56. The smallest absolute Gasteiger partial charge is 0.230 e. The monoisotopic (exact) mass is 323 g/mol. The fourth-order valence-electron chi connectivity index (χ4n) is 1.84.